The predicted octanol–water partition coefficient (Wildman–Crippen LogP) is 3.59. The molecule has 1 aliphatic rings. The molecule has 124 valence electrons. The van der Waals surface area contributed by atoms with E-state index < -0.39 is 10.8 Å². The van der Waals surface area contributed by atoms with Gasteiger partial charge in [-0.1, -0.05) is 25.0 Å². The van der Waals surface area contributed by atoms with Crippen molar-refractivity contribution in [2.45, 2.75) is 56.1 Å². The lowest BCUT2D eigenvalue weighted by Crippen LogP contribution is -2.18. The summed E-state index contributed by atoms with van der Waals surface area (Å²) in [6, 6.07) is 10.9. The van der Waals surface area contributed by atoms with Crippen LogP contribution < -0.4 is 5.32 Å². The van der Waals surface area contributed by atoms with E-state index in [4.69, 9.17) is 5.10 Å². The van der Waals surface area contributed by atoms with Crippen LogP contribution in [0.3, 0.4) is 0 Å². The number of rotatable bonds is 6. The fourth-order valence-corrected chi connectivity index (χ4v) is 3.69. The fourth-order valence-electron chi connectivity index (χ4n) is 3.17. The third-order valence-electron chi connectivity index (χ3n) is 4.66. The van der Waals surface area contributed by atoms with Crippen LogP contribution in [0.25, 0.3) is 0 Å². The molecule has 5 heteroatoms. The molecule has 1 aromatic carbocycles. The third-order valence-corrected chi connectivity index (χ3v) is 5.60. The number of benzene rings is 1. The van der Waals surface area contributed by atoms with Crippen LogP contribution in [0.2, 0.25) is 0 Å². The summed E-state index contributed by atoms with van der Waals surface area (Å²) < 4.78 is 13.6. The molecule has 1 N–H and O–H groups in total. The van der Waals surface area contributed by atoms with Crippen LogP contribution in [0.1, 0.15) is 55.9 Å². The van der Waals surface area contributed by atoms with Gasteiger partial charge in [0.2, 0.25) is 0 Å². The van der Waals surface area contributed by atoms with Gasteiger partial charge in [-0.15, -0.1) is 0 Å². The lowest BCUT2D eigenvalue weighted by atomic mass is 10.1. The zero-order chi connectivity index (χ0) is 16.2. The van der Waals surface area contributed by atoms with Crippen molar-refractivity contribution in [3.8, 4) is 0 Å². The molecule has 0 radical (unpaired) electrons. The quantitative estimate of drug-likeness (QED) is 0.880. The summed E-state index contributed by atoms with van der Waals surface area (Å²) in [5, 5.41) is 8.23. The van der Waals surface area contributed by atoms with Crippen molar-refractivity contribution in [1.29, 1.82) is 0 Å². The smallest absolute Gasteiger partial charge is 0.0762 e. The van der Waals surface area contributed by atoms with Gasteiger partial charge in [-0.2, -0.15) is 5.10 Å². The van der Waals surface area contributed by atoms with E-state index in [1.165, 1.54) is 31.2 Å². The van der Waals surface area contributed by atoms with Crippen LogP contribution in [0.5, 0.6) is 0 Å². The largest absolute Gasteiger partial charge is 0.304 e. The van der Waals surface area contributed by atoms with Crippen LogP contribution in [-0.4, -0.2) is 20.2 Å². The summed E-state index contributed by atoms with van der Waals surface area (Å²) in [4.78, 5) is 0.872. The predicted molar refractivity (Wildman–Crippen MR) is 93.8 cm³/mol. The number of nitrogens with zero attached hydrogens (tertiary/aromatic N) is 2. The number of aromatic nitrogens is 2. The molecular weight excluding hydrogens is 306 g/mol. The van der Waals surface area contributed by atoms with E-state index >= 15 is 0 Å². The van der Waals surface area contributed by atoms with Gasteiger partial charge >= 0.3 is 0 Å². The highest BCUT2D eigenvalue weighted by Gasteiger charge is 2.17. The van der Waals surface area contributed by atoms with Gasteiger partial charge in [-0.3, -0.25) is 8.89 Å². The van der Waals surface area contributed by atoms with Crippen molar-refractivity contribution in [2.75, 3.05) is 6.26 Å². The molecule has 3 rings (SSSR count). The summed E-state index contributed by atoms with van der Waals surface area (Å²) in [6.07, 6.45) is 8.99. The Morgan fingerprint density at radius 1 is 1.26 bits per heavy atom. The molecule has 1 fully saturated rings. The monoisotopic (exact) mass is 331 g/mol. The van der Waals surface area contributed by atoms with Crippen LogP contribution in [0, 0.1) is 0 Å². The van der Waals surface area contributed by atoms with Gasteiger partial charge in [-0.25, -0.2) is 0 Å². The maximum absolute atomic E-state index is 11.4. The maximum Gasteiger partial charge on any atom is 0.0762 e. The van der Waals surface area contributed by atoms with Gasteiger partial charge in [0, 0.05) is 40.7 Å². The Bertz CT molecular complexity index is 659. The first-order chi connectivity index (χ1) is 11.1. The molecule has 1 saturated carbocycles. The second-order valence-corrected chi connectivity index (χ2v) is 7.73. The minimum Gasteiger partial charge on any atom is -0.304 e. The second-order valence-electron chi connectivity index (χ2n) is 6.35. The molecule has 1 aliphatic carbocycles. The third kappa shape index (κ3) is 4.09. The maximum atomic E-state index is 11.4. The SMILES string of the molecule is C[C@H](NCc1ccn(C2CCCC2)n1)c1ccc([S@@](C)=O)cc1. The molecule has 0 saturated heterocycles. The Kier molecular flexibility index (Phi) is 5.28. The Labute approximate surface area is 140 Å². The summed E-state index contributed by atoms with van der Waals surface area (Å²) in [5.74, 6) is 0. The van der Waals surface area contributed by atoms with Gasteiger partial charge in [0.1, 0.15) is 0 Å². The molecule has 0 amide bonds. The van der Waals surface area contributed by atoms with E-state index in [9.17, 15) is 4.21 Å². The van der Waals surface area contributed by atoms with Crippen molar-refractivity contribution in [3.05, 3.63) is 47.8 Å². The van der Waals surface area contributed by atoms with E-state index in [2.05, 4.69) is 29.2 Å². The lowest BCUT2D eigenvalue weighted by Gasteiger charge is -2.14. The Balaban J connectivity index is 1.56. The molecule has 1 aromatic heterocycles. The Morgan fingerprint density at radius 2 is 1.96 bits per heavy atom. The van der Waals surface area contributed by atoms with E-state index in [0.29, 0.717) is 6.04 Å². The van der Waals surface area contributed by atoms with Crippen molar-refractivity contribution >= 4 is 10.8 Å². The zero-order valence-electron chi connectivity index (χ0n) is 13.9. The van der Waals surface area contributed by atoms with Gasteiger partial charge in [0.25, 0.3) is 0 Å². The molecule has 0 aliphatic heterocycles. The lowest BCUT2D eigenvalue weighted by molar-refractivity contribution is 0.458. The van der Waals surface area contributed by atoms with Crippen LogP contribution in [-0.2, 0) is 17.3 Å². The van der Waals surface area contributed by atoms with E-state index in [0.717, 1.165) is 17.1 Å². The summed E-state index contributed by atoms with van der Waals surface area (Å²) >= 11 is 0. The van der Waals surface area contributed by atoms with Gasteiger partial charge < -0.3 is 5.32 Å². The first-order valence-electron chi connectivity index (χ1n) is 8.34. The van der Waals surface area contributed by atoms with Crippen molar-refractivity contribution in [3.63, 3.8) is 0 Å². The highest BCUT2D eigenvalue weighted by Crippen LogP contribution is 2.28. The molecule has 2 aromatic rings. The van der Waals surface area contributed by atoms with Crippen LogP contribution in [0.4, 0.5) is 0 Å². The average Bonchev–Trinajstić information content (AvgIpc) is 3.23. The van der Waals surface area contributed by atoms with E-state index in [1.807, 2.05) is 24.3 Å². The topological polar surface area (TPSA) is 46.9 Å². The highest BCUT2D eigenvalue weighted by atomic mass is 32.2. The van der Waals surface area contributed by atoms with E-state index in [-0.39, 0.29) is 6.04 Å². The van der Waals surface area contributed by atoms with Gasteiger partial charge in [0.15, 0.2) is 0 Å². The van der Waals surface area contributed by atoms with Crippen LogP contribution in [0.15, 0.2) is 41.4 Å². The number of nitrogens with one attached hydrogen (secondary N) is 1. The fraction of sp³-hybridized carbons (Fsp3) is 0.500. The summed E-state index contributed by atoms with van der Waals surface area (Å²) in [5.41, 5.74) is 2.30. The van der Waals surface area contributed by atoms with Crippen molar-refractivity contribution in [1.82, 2.24) is 15.1 Å². The second kappa shape index (κ2) is 7.41. The zero-order valence-corrected chi connectivity index (χ0v) is 14.7. The minimum absolute atomic E-state index is 0.242. The normalized spacial score (nSPS) is 18.2. The van der Waals surface area contributed by atoms with Gasteiger partial charge in [0.05, 0.1) is 11.7 Å². The highest BCUT2D eigenvalue weighted by molar-refractivity contribution is 7.84. The van der Waals surface area contributed by atoms with Crippen molar-refractivity contribution < 1.29 is 4.21 Å². The molecular formula is C18H25N3OS. The molecule has 4 nitrogen and oxygen atoms in total. The van der Waals surface area contributed by atoms with Crippen molar-refractivity contribution in [2.24, 2.45) is 0 Å². The molecule has 0 unspecified atom stereocenters. The molecule has 1 heterocycles. The molecule has 2 atom stereocenters. The summed E-state index contributed by atoms with van der Waals surface area (Å²) in [6.45, 7) is 2.91. The molecule has 0 spiro atoms. The summed E-state index contributed by atoms with van der Waals surface area (Å²) in [7, 11) is -0.916. The van der Waals surface area contributed by atoms with Gasteiger partial charge in [-0.05, 0) is 43.5 Å². The number of hydrogen-bond donors (Lipinski definition) is 1. The number of hydrogen-bond acceptors (Lipinski definition) is 3. The minimum atomic E-state index is -0.916. The molecule has 23 heavy (non-hydrogen) atoms. The molecule has 0 bridgehead atoms. The average molecular weight is 331 g/mol. The standard InChI is InChI=1S/C18H25N3OS/c1-14(15-7-9-18(10-8-15)23(2)22)19-13-16-11-12-21(20-16)17-5-3-4-6-17/h7-12,14,17,19H,3-6,13H2,1-2H3/t14-,23+/m0/s1. The van der Waals surface area contributed by atoms with E-state index in [1.54, 1.807) is 6.26 Å². The first-order valence-corrected chi connectivity index (χ1v) is 9.90. The van der Waals surface area contributed by atoms with Crippen LogP contribution >= 0.6 is 0 Å². The first kappa shape index (κ1) is 16.4. The Morgan fingerprint density at radius 3 is 2.61 bits per heavy atom. The Hall–Kier alpha value is -1.46.